The minimum absolute atomic E-state index is 0.169. The molecule has 4 heteroatoms. The van der Waals surface area contributed by atoms with E-state index in [9.17, 15) is 4.79 Å². The van der Waals surface area contributed by atoms with E-state index in [1.54, 1.807) is 0 Å². The molecule has 27 heavy (non-hydrogen) atoms. The van der Waals surface area contributed by atoms with Gasteiger partial charge >= 0.3 is 0 Å². The lowest BCUT2D eigenvalue weighted by Crippen LogP contribution is -2.43. The molecular formula is C23H24N2O2. The molecule has 5 rings (SSSR count). The molecule has 3 aromatic rings. The molecule has 4 unspecified atom stereocenters. The number of para-hydroxylation sites is 2. The molecule has 2 aromatic carbocycles. The normalized spacial score (nSPS) is 28.1. The summed E-state index contributed by atoms with van der Waals surface area (Å²) in [5.74, 6) is 1.36. The van der Waals surface area contributed by atoms with Gasteiger partial charge < -0.3 is 9.73 Å². The van der Waals surface area contributed by atoms with Crippen LogP contribution in [-0.2, 0) is 4.79 Å². The molecule has 2 saturated carbocycles. The van der Waals surface area contributed by atoms with Crippen LogP contribution >= 0.6 is 0 Å². The number of anilines is 1. The van der Waals surface area contributed by atoms with E-state index in [-0.39, 0.29) is 17.9 Å². The number of nitrogens with zero attached hydrogens (tertiary/aromatic N) is 1. The van der Waals surface area contributed by atoms with Crippen molar-refractivity contribution in [2.75, 3.05) is 5.32 Å². The van der Waals surface area contributed by atoms with Gasteiger partial charge in [0.25, 0.3) is 6.01 Å². The molecule has 138 valence electrons. The van der Waals surface area contributed by atoms with E-state index in [1.165, 1.54) is 5.56 Å². The highest BCUT2D eigenvalue weighted by atomic mass is 16.4. The summed E-state index contributed by atoms with van der Waals surface area (Å²) in [5, 5.41) is 3.53. The summed E-state index contributed by atoms with van der Waals surface area (Å²) in [6.45, 7) is 0. The number of fused-ring (bicyclic) bond motifs is 2. The largest absolute Gasteiger partial charge is 0.424 e. The third-order valence-corrected chi connectivity index (χ3v) is 6.29. The third-order valence-electron chi connectivity index (χ3n) is 6.29. The first kappa shape index (κ1) is 16.5. The Hall–Kier alpha value is -2.62. The number of hydrogen-bond donors (Lipinski definition) is 1. The lowest BCUT2D eigenvalue weighted by molar-refractivity contribution is -0.129. The summed E-state index contributed by atoms with van der Waals surface area (Å²) >= 11 is 0. The first-order chi connectivity index (χ1) is 13.3. The number of carbonyl (C=O) groups is 1. The number of Topliss-reactive ketones (excluding diaryl/α,β-unsaturated/α-hetero) is 1. The van der Waals surface area contributed by atoms with Crippen LogP contribution in [0.3, 0.4) is 0 Å². The second-order valence-electron chi connectivity index (χ2n) is 7.96. The molecule has 2 fully saturated rings. The molecule has 0 amide bonds. The van der Waals surface area contributed by atoms with Crippen LogP contribution in [0.2, 0.25) is 0 Å². The fourth-order valence-corrected chi connectivity index (χ4v) is 5.15. The van der Waals surface area contributed by atoms with Crippen LogP contribution in [0.5, 0.6) is 0 Å². The highest BCUT2D eigenvalue weighted by Crippen LogP contribution is 2.47. The van der Waals surface area contributed by atoms with Gasteiger partial charge in [-0.25, -0.2) is 0 Å². The molecule has 0 saturated heterocycles. The highest BCUT2D eigenvalue weighted by molar-refractivity contribution is 5.83. The van der Waals surface area contributed by atoms with Crippen molar-refractivity contribution in [3.8, 4) is 0 Å². The van der Waals surface area contributed by atoms with Gasteiger partial charge in [0.15, 0.2) is 5.58 Å². The number of rotatable bonds is 3. The number of ketones is 1. The fraction of sp³-hybridized carbons (Fsp3) is 0.391. The number of oxazole rings is 1. The van der Waals surface area contributed by atoms with Crippen LogP contribution in [0.15, 0.2) is 59.0 Å². The molecular weight excluding hydrogens is 336 g/mol. The van der Waals surface area contributed by atoms with Crippen LogP contribution < -0.4 is 5.32 Å². The average Bonchev–Trinajstić information content (AvgIpc) is 3.10. The summed E-state index contributed by atoms with van der Waals surface area (Å²) in [7, 11) is 0. The maximum absolute atomic E-state index is 12.7. The van der Waals surface area contributed by atoms with Crippen molar-refractivity contribution in [3.05, 3.63) is 60.2 Å². The lowest BCUT2D eigenvalue weighted by atomic mass is 9.62. The molecule has 1 N–H and O–H groups in total. The molecule has 2 aliphatic rings. The molecule has 0 bridgehead atoms. The number of nitrogens with one attached hydrogen (secondary N) is 1. The lowest BCUT2D eigenvalue weighted by Gasteiger charge is -2.44. The van der Waals surface area contributed by atoms with Gasteiger partial charge in [0.2, 0.25) is 0 Å². The quantitative estimate of drug-likeness (QED) is 0.700. The van der Waals surface area contributed by atoms with Gasteiger partial charge in [0.05, 0.1) is 0 Å². The molecule has 4 atom stereocenters. The SMILES string of the molecule is O=C1CCCC2CC(Nc3nc4ccccc4o3)CC(c3ccccc3)C12. The van der Waals surface area contributed by atoms with E-state index in [4.69, 9.17) is 4.42 Å². The molecule has 0 radical (unpaired) electrons. The maximum atomic E-state index is 12.7. The van der Waals surface area contributed by atoms with Crippen LogP contribution in [0, 0.1) is 11.8 Å². The summed E-state index contributed by atoms with van der Waals surface area (Å²) in [4.78, 5) is 17.3. The Labute approximate surface area is 159 Å². The summed E-state index contributed by atoms with van der Waals surface area (Å²) in [6, 6.07) is 19.2. The topological polar surface area (TPSA) is 55.1 Å². The molecule has 0 aliphatic heterocycles. The molecule has 2 aliphatic carbocycles. The highest BCUT2D eigenvalue weighted by Gasteiger charge is 2.44. The van der Waals surface area contributed by atoms with E-state index in [0.29, 0.717) is 17.7 Å². The fourth-order valence-electron chi connectivity index (χ4n) is 5.15. The number of hydrogen-bond acceptors (Lipinski definition) is 4. The van der Waals surface area contributed by atoms with Crippen molar-refractivity contribution in [1.82, 2.24) is 4.98 Å². The van der Waals surface area contributed by atoms with E-state index >= 15 is 0 Å². The predicted octanol–water partition coefficient (Wildman–Crippen LogP) is 5.17. The van der Waals surface area contributed by atoms with Gasteiger partial charge in [0, 0.05) is 18.4 Å². The number of aromatic nitrogens is 1. The van der Waals surface area contributed by atoms with E-state index < -0.39 is 0 Å². The second kappa shape index (κ2) is 6.84. The van der Waals surface area contributed by atoms with Crippen molar-refractivity contribution in [1.29, 1.82) is 0 Å². The Balaban J connectivity index is 1.43. The number of benzene rings is 2. The Morgan fingerprint density at radius 3 is 2.67 bits per heavy atom. The van der Waals surface area contributed by atoms with Crippen LogP contribution in [0.4, 0.5) is 6.01 Å². The average molecular weight is 360 g/mol. The smallest absolute Gasteiger partial charge is 0.295 e. The van der Waals surface area contributed by atoms with Gasteiger partial charge in [-0.05, 0) is 55.2 Å². The van der Waals surface area contributed by atoms with Crippen molar-refractivity contribution in [2.24, 2.45) is 11.8 Å². The summed E-state index contributed by atoms with van der Waals surface area (Å²) < 4.78 is 5.88. The van der Waals surface area contributed by atoms with Gasteiger partial charge in [-0.2, -0.15) is 4.98 Å². The molecule has 1 aromatic heterocycles. The van der Waals surface area contributed by atoms with Gasteiger partial charge in [-0.1, -0.05) is 42.5 Å². The van der Waals surface area contributed by atoms with E-state index in [1.807, 2.05) is 30.3 Å². The van der Waals surface area contributed by atoms with Gasteiger partial charge in [-0.3, -0.25) is 4.79 Å². The zero-order valence-corrected chi connectivity index (χ0v) is 15.3. The molecule has 0 spiro atoms. The van der Waals surface area contributed by atoms with Crippen molar-refractivity contribution < 1.29 is 9.21 Å². The maximum Gasteiger partial charge on any atom is 0.295 e. The standard InChI is InChI=1S/C23H24N2O2/c26-20-11-6-9-16-13-17(14-18(22(16)20)15-7-2-1-3-8-15)24-23-25-19-10-4-5-12-21(19)27-23/h1-5,7-8,10,12,16-18,22H,6,9,11,13-14H2,(H,24,25). The first-order valence-corrected chi connectivity index (χ1v) is 9.98. The third kappa shape index (κ3) is 3.14. The zero-order valence-electron chi connectivity index (χ0n) is 15.3. The van der Waals surface area contributed by atoms with Crippen molar-refractivity contribution in [3.63, 3.8) is 0 Å². The zero-order chi connectivity index (χ0) is 18.2. The van der Waals surface area contributed by atoms with Crippen LogP contribution in [-0.4, -0.2) is 16.8 Å². The van der Waals surface area contributed by atoms with E-state index in [0.717, 1.165) is 43.2 Å². The Morgan fingerprint density at radius 2 is 1.81 bits per heavy atom. The van der Waals surface area contributed by atoms with Crippen molar-refractivity contribution >= 4 is 22.9 Å². The minimum Gasteiger partial charge on any atom is -0.424 e. The summed E-state index contributed by atoms with van der Waals surface area (Å²) in [5.41, 5.74) is 2.97. The molecule has 4 nitrogen and oxygen atoms in total. The van der Waals surface area contributed by atoms with Gasteiger partial charge in [0.1, 0.15) is 11.3 Å². The predicted molar refractivity (Wildman–Crippen MR) is 106 cm³/mol. The van der Waals surface area contributed by atoms with E-state index in [2.05, 4.69) is 34.6 Å². The molecule has 1 heterocycles. The summed E-state index contributed by atoms with van der Waals surface area (Å²) in [6.07, 6.45) is 4.87. The minimum atomic E-state index is 0.169. The van der Waals surface area contributed by atoms with Crippen LogP contribution in [0.1, 0.15) is 43.6 Å². The Bertz CT molecular complexity index is 916. The van der Waals surface area contributed by atoms with Crippen LogP contribution in [0.25, 0.3) is 11.1 Å². The Morgan fingerprint density at radius 1 is 1.00 bits per heavy atom. The van der Waals surface area contributed by atoms with Gasteiger partial charge in [-0.15, -0.1) is 0 Å². The first-order valence-electron chi connectivity index (χ1n) is 9.98. The van der Waals surface area contributed by atoms with Crippen molar-refractivity contribution in [2.45, 2.75) is 44.1 Å². The number of carbonyl (C=O) groups excluding carboxylic acids is 1. The Kier molecular flexibility index (Phi) is 4.19. The monoisotopic (exact) mass is 360 g/mol. The second-order valence-corrected chi connectivity index (χ2v) is 7.96.